The van der Waals surface area contributed by atoms with Crippen molar-refractivity contribution >= 4 is 39.9 Å². The number of thioether (sulfide) groups is 1. The molecule has 2 aliphatic heterocycles. The molecule has 156 valence electrons. The van der Waals surface area contributed by atoms with Gasteiger partial charge >= 0.3 is 0 Å². The normalized spacial score (nSPS) is 22.3. The number of carbonyl (C=O) groups excluding carboxylic acids is 2. The van der Waals surface area contributed by atoms with Gasteiger partial charge in [-0.05, 0) is 67.1 Å². The molecule has 0 bridgehead atoms. The first kappa shape index (κ1) is 19.8. The van der Waals surface area contributed by atoms with Crippen LogP contribution in [0.4, 0.5) is 4.79 Å². The highest BCUT2D eigenvalue weighted by molar-refractivity contribution is 8.18. The van der Waals surface area contributed by atoms with Crippen molar-refractivity contribution in [3.05, 3.63) is 76.8 Å². The third-order valence-corrected chi connectivity index (χ3v) is 6.45. The lowest BCUT2D eigenvalue weighted by Gasteiger charge is -2.29. The average Bonchev–Trinajstić information content (AvgIpc) is 3.40. The van der Waals surface area contributed by atoms with Gasteiger partial charge in [0, 0.05) is 5.39 Å². The van der Waals surface area contributed by atoms with Gasteiger partial charge in [0.1, 0.15) is 12.4 Å². The Kier molecular flexibility index (Phi) is 5.21. The summed E-state index contributed by atoms with van der Waals surface area (Å²) in [6.45, 7) is 1.41. The van der Waals surface area contributed by atoms with Crippen LogP contribution in [0.2, 0.25) is 0 Å². The number of amides is 2. The number of imide groups is 1. The zero-order chi connectivity index (χ0) is 21.3. The molecule has 7 heteroatoms. The van der Waals surface area contributed by atoms with Crippen molar-refractivity contribution in [2.75, 3.05) is 13.2 Å². The van der Waals surface area contributed by atoms with Crippen LogP contribution in [0.1, 0.15) is 24.1 Å². The molecular formula is C24H21N3O3S. The zero-order valence-electron chi connectivity index (χ0n) is 16.8. The molecule has 0 unspecified atom stereocenters. The van der Waals surface area contributed by atoms with Crippen LogP contribution in [0.3, 0.4) is 0 Å². The first-order valence-corrected chi connectivity index (χ1v) is 11.0. The van der Waals surface area contributed by atoms with E-state index < -0.39 is 0 Å². The van der Waals surface area contributed by atoms with Gasteiger partial charge in [0.05, 0.1) is 21.7 Å². The molecule has 2 amide bonds. The Balaban J connectivity index is 1.33. The van der Waals surface area contributed by atoms with Crippen molar-refractivity contribution in [2.24, 2.45) is 0 Å². The maximum Gasteiger partial charge on any atom is 0.290 e. The van der Waals surface area contributed by atoms with Crippen LogP contribution in [0.25, 0.3) is 17.0 Å². The summed E-state index contributed by atoms with van der Waals surface area (Å²) in [6, 6.07) is 19.8. The summed E-state index contributed by atoms with van der Waals surface area (Å²) in [5, 5.41) is 6.66. The van der Waals surface area contributed by atoms with Crippen molar-refractivity contribution in [3.8, 4) is 5.75 Å². The smallest absolute Gasteiger partial charge is 0.290 e. The summed E-state index contributed by atoms with van der Waals surface area (Å²) < 4.78 is 6.16. The van der Waals surface area contributed by atoms with Gasteiger partial charge in [-0.15, -0.1) is 0 Å². The van der Waals surface area contributed by atoms with Crippen LogP contribution in [0.5, 0.6) is 5.75 Å². The van der Waals surface area contributed by atoms with Gasteiger partial charge in [0.15, 0.2) is 0 Å². The summed E-state index contributed by atoms with van der Waals surface area (Å²) in [5.41, 5.74) is 2.50. The number of benzene rings is 2. The molecular weight excluding hydrogens is 410 g/mol. The second kappa shape index (κ2) is 8.17. The Morgan fingerprint density at radius 3 is 2.65 bits per heavy atom. The second-order valence-corrected chi connectivity index (χ2v) is 8.73. The van der Waals surface area contributed by atoms with E-state index in [2.05, 4.69) is 28.8 Å². The number of hydrogen-bond donors (Lipinski definition) is 2. The predicted octanol–water partition coefficient (Wildman–Crippen LogP) is 4.22. The summed E-state index contributed by atoms with van der Waals surface area (Å²) in [4.78, 5) is 28.3. The molecule has 31 heavy (non-hydrogen) atoms. The highest BCUT2D eigenvalue weighted by atomic mass is 32.2. The van der Waals surface area contributed by atoms with E-state index in [4.69, 9.17) is 9.72 Å². The Hall–Kier alpha value is -3.16. The Bertz CT molecular complexity index is 1180. The molecule has 3 heterocycles. The summed E-state index contributed by atoms with van der Waals surface area (Å²) in [6.07, 6.45) is 3.74. The molecule has 6 nitrogen and oxygen atoms in total. The van der Waals surface area contributed by atoms with E-state index >= 15 is 0 Å². The van der Waals surface area contributed by atoms with Crippen LogP contribution < -0.4 is 15.4 Å². The number of para-hydroxylation sites is 1. The molecule has 2 aromatic carbocycles. The van der Waals surface area contributed by atoms with Gasteiger partial charge in [0.2, 0.25) is 0 Å². The van der Waals surface area contributed by atoms with Crippen LogP contribution in [-0.2, 0) is 10.3 Å². The zero-order valence-corrected chi connectivity index (χ0v) is 17.6. The standard InChI is InChI=1S/C24H21N3O3S/c28-22-20(31-23(29)27-22)14-16-6-9-18(10-7-16)30-15-24(12-3-13-25-24)21-11-8-17-4-1-2-5-19(17)26-21/h1-2,4-11,14,25H,3,12-13,15H2,(H,27,28,29)/t24-/m1/s1. The lowest BCUT2D eigenvalue weighted by Crippen LogP contribution is -2.43. The van der Waals surface area contributed by atoms with Gasteiger partial charge in [-0.3, -0.25) is 19.9 Å². The number of hydrogen-bond acceptors (Lipinski definition) is 6. The number of nitrogens with zero attached hydrogens (tertiary/aromatic N) is 1. The van der Waals surface area contributed by atoms with Gasteiger partial charge in [-0.25, -0.2) is 0 Å². The maximum atomic E-state index is 11.7. The molecule has 1 atom stereocenters. The number of pyridine rings is 1. The van der Waals surface area contributed by atoms with Crippen LogP contribution in [0.15, 0.2) is 65.6 Å². The lowest BCUT2D eigenvalue weighted by molar-refractivity contribution is -0.115. The van der Waals surface area contributed by atoms with Crippen molar-refractivity contribution in [2.45, 2.75) is 18.4 Å². The van der Waals surface area contributed by atoms with E-state index in [0.717, 1.165) is 59.1 Å². The largest absolute Gasteiger partial charge is 0.491 e. The van der Waals surface area contributed by atoms with Crippen LogP contribution >= 0.6 is 11.8 Å². The number of carbonyl (C=O) groups is 2. The van der Waals surface area contributed by atoms with Gasteiger partial charge in [-0.2, -0.15) is 0 Å². The van der Waals surface area contributed by atoms with Crippen LogP contribution in [0, 0.1) is 0 Å². The SMILES string of the molecule is O=C1NC(=O)C(=Cc2ccc(OC[C@@]3(c4ccc5ccccc5n4)CCCN3)cc2)S1. The molecule has 2 aliphatic rings. The topological polar surface area (TPSA) is 80.3 Å². The maximum absolute atomic E-state index is 11.7. The number of nitrogens with one attached hydrogen (secondary N) is 2. The number of aromatic nitrogens is 1. The number of fused-ring (bicyclic) bond motifs is 1. The molecule has 3 aromatic rings. The summed E-state index contributed by atoms with van der Waals surface area (Å²) >= 11 is 0.913. The number of rotatable bonds is 5. The Labute approximate surface area is 184 Å². The van der Waals surface area contributed by atoms with E-state index in [9.17, 15) is 9.59 Å². The quantitative estimate of drug-likeness (QED) is 0.589. The van der Waals surface area contributed by atoms with Crippen molar-refractivity contribution in [1.82, 2.24) is 15.6 Å². The highest BCUT2D eigenvalue weighted by Crippen LogP contribution is 2.32. The number of ether oxygens (including phenoxy) is 1. The third-order valence-electron chi connectivity index (χ3n) is 5.64. The fourth-order valence-electron chi connectivity index (χ4n) is 3.99. The molecule has 2 fully saturated rings. The highest BCUT2D eigenvalue weighted by Gasteiger charge is 2.37. The third kappa shape index (κ3) is 4.06. The molecule has 0 radical (unpaired) electrons. The van der Waals surface area contributed by atoms with Gasteiger partial charge < -0.3 is 10.1 Å². The van der Waals surface area contributed by atoms with E-state index in [1.807, 2.05) is 42.5 Å². The Morgan fingerprint density at radius 1 is 1.06 bits per heavy atom. The molecule has 5 rings (SSSR count). The fraction of sp³-hybridized carbons (Fsp3) is 0.208. The minimum atomic E-state index is -0.354. The Morgan fingerprint density at radius 2 is 1.90 bits per heavy atom. The molecule has 2 N–H and O–H groups in total. The van der Waals surface area contributed by atoms with Crippen molar-refractivity contribution in [1.29, 1.82) is 0 Å². The molecule has 0 aliphatic carbocycles. The average molecular weight is 432 g/mol. The molecule has 2 saturated heterocycles. The minimum Gasteiger partial charge on any atom is -0.491 e. The van der Waals surface area contributed by atoms with E-state index in [0.29, 0.717) is 11.5 Å². The van der Waals surface area contributed by atoms with Crippen LogP contribution in [-0.4, -0.2) is 29.3 Å². The minimum absolute atomic E-state index is 0.316. The van der Waals surface area contributed by atoms with E-state index in [-0.39, 0.29) is 16.7 Å². The molecule has 0 spiro atoms. The summed E-state index contributed by atoms with van der Waals surface area (Å²) in [5.74, 6) is 0.392. The van der Waals surface area contributed by atoms with E-state index in [1.54, 1.807) is 6.08 Å². The van der Waals surface area contributed by atoms with E-state index in [1.165, 1.54) is 0 Å². The summed E-state index contributed by atoms with van der Waals surface area (Å²) in [7, 11) is 0. The molecule has 0 saturated carbocycles. The lowest BCUT2D eigenvalue weighted by atomic mass is 9.93. The van der Waals surface area contributed by atoms with Gasteiger partial charge in [-0.1, -0.05) is 36.4 Å². The predicted molar refractivity (Wildman–Crippen MR) is 122 cm³/mol. The first-order valence-electron chi connectivity index (χ1n) is 10.2. The molecule has 1 aromatic heterocycles. The van der Waals surface area contributed by atoms with Gasteiger partial charge in [0.25, 0.3) is 11.1 Å². The fourth-order valence-corrected chi connectivity index (χ4v) is 4.68. The first-order chi connectivity index (χ1) is 15.1. The van der Waals surface area contributed by atoms with Crippen molar-refractivity contribution in [3.63, 3.8) is 0 Å². The van der Waals surface area contributed by atoms with Crippen molar-refractivity contribution < 1.29 is 14.3 Å². The second-order valence-electron chi connectivity index (χ2n) is 7.71. The monoisotopic (exact) mass is 431 g/mol.